The molecule has 0 unspecified atom stereocenters. The fourth-order valence-electron chi connectivity index (χ4n) is 6.45. The van der Waals surface area contributed by atoms with Crippen LogP contribution in [0.15, 0.2) is 83.2 Å². The molecule has 5 nitrogen and oxygen atoms in total. The van der Waals surface area contributed by atoms with E-state index in [-0.39, 0.29) is 18.2 Å². The van der Waals surface area contributed by atoms with E-state index in [9.17, 15) is 9.59 Å². The normalized spacial score (nSPS) is 17.3. The highest BCUT2D eigenvalue weighted by atomic mass is 127. The van der Waals surface area contributed by atoms with Gasteiger partial charge in [0, 0.05) is 47.8 Å². The van der Waals surface area contributed by atoms with Crippen LogP contribution in [0.4, 0.5) is 0 Å². The van der Waals surface area contributed by atoms with E-state index in [4.69, 9.17) is 32.7 Å². The molecule has 3 aliphatic rings. The topological polar surface area (TPSA) is 55.8 Å². The van der Waals surface area contributed by atoms with Crippen molar-refractivity contribution in [2.45, 2.75) is 64.5 Å². The molecule has 0 atom stereocenters. The lowest BCUT2D eigenvalue weighted by Crippen LogP contribution is -2.38. The molecule has 222 valence electrons. The van der Waals surface area contributed by atoms with Gasteiger partial charge in [-0.1, -0.05) is 59.6 Å². The van der Waals surface area contributed by atoms with E-state index >= 15 is 0 Å². The van der Waals surface area contributed by atoms with Crippen molar-refractivity contribution < 1.29 is 19.1 Å². The van der Waals surface area contributed by atoms with E-state index < -0.39 is 5.92 Å². The van der Waals surface area contributed by atoms with Crippen molar-refractivity contribution in [3.05, 3.63) is 114 Å². The Balaban J connectivity index is 1.44. The summed E-state index contributed by atoms with van der Waals surface area (Å²) in [5.74, 6) is 1.04. The van der Waals surface area contributed by atoms with Crippen LogP contribution in [0.3, 0.4) is 0 Å². The third kappa shape index (κ3) is 6.11. The summed E-state index contributed by atoms with van der Waals surface area (Å²) < 4.78 is 13.2. The van der Waals surface area contributed by atoms with E-state index in [0.29, 0.717) is 47.5 Å². The number of ether oxygens (including phenoxy) is 2. The molecule has 2 aliphatic carbocycles. The number of allylic oxidation sites excluding steroid dienone is 4. The Hall–Kier alpha value is -2.81. The van der Waals surface area contributed by atoms with Crippen LogP contribution < -0.4 is 9.47 Å². The van der Waals surface area contributed by atoms with Crippen molar-refractivity contribution in [2.75, 3.05) is 6.61 Å². The Bertz CT molecular complexity index is 1600. The Labute approximate surface area is 276 Å². The first kappa shape index (κ1) is 30.2. The Morgan fingerprint density at radius 1 is 0.814 bits per heavy atom. The highest BCUT2D eigenvalue weighted by Crippen LogP contribution is 2.51. The molecule has 43 heavy (non-hydrogen) atoms. The number of nitrogens with zero attached hydrogens (tertiary/aromatic N) is 1. The third-order valence-corrected chi connectivity index (χ3v) is 9.84. The van der Waals surface area contributed by atoms with Crippen molar-refractivity contribution in [1.29, 1.82) is 0 Å². The van der Waals surface area contributed by atoms with E-state index in [0.717, 1.165) is 68.5 Å². The predicted molar refractivity (Wildman–Crippen MR) is 178 cm³/mol. The van der Waals surface area contributed by atoms with Gasteiger partial charge in [-0.15, -0.1) is 0 Å². The van der Waals surface area contributed by atoms with Gasteiger partial charge in [-0.3, -0.25) is 9.59 Å². The fraction of sp³-hybridized carbons (Fsp3) is 0.314. The number of hydrogen-bond donors (Lipinski definition) is 0. The van der Waals surface area contributed by atoms with Crippen LogP contribution in [0, 0.1) is 3.57 Å². The Kier molecular flexibility index (Phi) is 9.17. The predicted octanol–water partition coefficient (Wildman–Crippen LogP) is 9.19. The molecular weight excluding hydrogens is 696 g/mol. The van der Waals surface area contributed by atoms with Gasteiger partial charge < -0.3 is 14.4 Å². The van der Waals surface area contributed by atoms with Gasteiger partial charge in [0.1, 0.15) is 6.61 Å². The van der Waals surface area contributed by atoms with Gasteiger partial charge in [-0.2, -0.15) is 0 Å². The molecule has 0 fully saturated rings. The van der Waals surface area contributed by atoms with Gasteiger partial charge in [0.05, 0.1) is 20.2 Å². The van der Waals surface area contributed by atoms with Crippen LogP contribution in [0.2, 0.25) is 10.0 Å². The average Bonchev–Trinajstić information content (AvgIpc) is 2.99. The number of carbonyl (C=O) groups excluding carboxylic acids is 2. The summed E-state index contributed by atoms with van der Waals surface area (Å²) in [7, 11) is 0. The first-order chi connectivity index (χ1) is 20.9. The Morgan fingerprint density at radius 2 is 1.49 bits per heavy atom. The zero-order valence-electron chi connectivity index (χ0n) is 23.9. The average molecular weight is 728 g/mol. The zero-order chi connectivity index (χ0) is 30.1. The highest BCUT2D eigenvalue weighted by molar-refractivity contribution is 14.1. The summed E-state index contributed by atoms with van der Waals surface area (Å²) >= 11 is 14.6. The summed E-state index contributed by atoms with van der Waals surface area (Å²) in [5.41, 5.74) is 6.58. The lowest BCUT2D eigenvalue weighted by atomic mass is 9.71. The maximum atomic E-state index is 13.8. The maximum Gasteiger partial charge on any atom is 0.174 e. The number of ketones is 2. The molecule has 3 aromatic rings. The number of rotatable bonds is 8. The molecule has 0 saturated carbocycles. The highest BCUT2D eigenvalue weighted by Gasteiger charge is 2.43. The molecule has 0 spiro atoms. The summed E-state index contributed by atoms with van der Waals surface area (Å²) in [5, 5.41) is 0.963. The Morgan fingerprint density at radius 3 is 2.12 bits per heavy atom. The van der Waals surface area contributed by atoms with Gasteiger partial charge in [0.15, 0.2) is 23.1 Å². The van der Waals surface area contributed by atoms with E-state index in [2.05, 4.69) is 39.6 Å². The summed E-state index contributed by atoms with van der Waals surface area (Å²) in [6.07, 6.45) is 4.24. The molecule has 0 amide bonds. The number of hydrogen-bond acceptors (Lipinski definition) is 5. The van der Waals surface area contributed by atoms with Crippen molar-refractivity contribution in [3.63, 3.8) is 0 Å². The minimum Gasteiger partial charge on any atom is -0.490 e. The van der Waals surface area contributed by atoms with Crippen molar-refractivity contribution in [3.8, 4) is 11.5 Å². The number of Topliss-reactive ketones (excluding diaryl/α,β-unsaturated/α-hetero) is 2. The largest absolute Gasteiger partial charge is 0.490 e. The van der Waals surface area contributed by atoms with Crippen molar-refractivity contribution in [2.24, 2.45) is 0 Å². The van der Waals surface area contributed by atoms with Gasteiger partial charge in [0.25, 0.3) is 0 Å². The molecule has 6 rings (SSSR count). The quantitative estimate of drug-likeness (QED) is 0.217. The second kappa shape index (κ2) is 13.0. The van der Waals surface area contributed by atoms with Gasteiger partial charge in [0.2, 0.25) is 0 Å². The maximum absolute atomic E-state index is 13.8. The van der Waals surface area contributed by atoms with Crippen LogP contribution in [0.25, 0.3) is 0 Å². The van der Waals surface area contributed by atoms with Crippen LogP contribution in [0.1, 0.15) is 68.1 Å². The number of halogens is 3. The molecule has 1 aliphatic heterocycles. The summed E-state index contributed by atoms with van der Waals surface area (Å²) in [6, 6.07) is 19.7. The second-order valence-electron chi connectivity index (χ2n) is 11.1. The molecule has 0 N–H and O–H groups in total. The van der Waals surface area contributed by atoms with E-state index in [1.165, 1.54) is 0 Å². The third-order valence-electron chi connectivity index (χ3n) is 8.30. The minimum absolute atomic E-state index is 0.127. The van der Waals surface area contributed by atoms with Crippen molar-refractivity contribution in [1.82, 2.24) is 4.90 Å². The molecule has 8 heteroatoms. The number of benzene rings is 3. The van der Waals surface area contributed by atoms with E-state index in [1.807, 2.05) is 43.3 Å². The molecule has 0 saturated heterocycles. The molecule has 3 aromatic carbocycles. The molecule has 0 radical (unpaired) electrons. The molecule has 1 heterocycles. The van der Waals surface area contributed by atoms with E-state index in [1.54, 1.807) is 12.1 Å². The van der Waals surface area contributed by atoms with Crippen LogP contribution >= 0.6 is 45.8 Å². The second-order valence-corrected chi connectivity index (χ2v) is 13.1. The molecule has 0 bridgehead atoms. The van der Waals surface area contributed by atoms with Crippen molar-refractivity contribution >= 4 is 57.4 Å². The first-order valence-electron chi connectivity index (χ1n) is 14.7. The SMILES string of the molecule is CCOc1cc(C2C3=C(CCCC3=O)N(Cc3ccccc3)C3=C2C(=O)CCC3)cc(I)c1OCc1ccc(Cl)c(Cl)c1. The summed E-state index contributed by atoms with van der Waals surface area (Å²) in [6.45, 7) is 3.31. The molecular formula is C35H32Cl2INO4. The lowest BCUT2D eigenvalue weighted by molar-refractivity contribution is -0.117. The zero-order valence-corrected chi connectivity index (χ0v) is 27.6. The smallest absolute Gasteiger partial charge is 0.174 e. The fourth-order valence-corrected chi connectivity index (χ4v) is 7.55. The molecule has 0 aromatic heterocycles. The number of carbonyl (C=O) groups is 2. The van der Waals surface area contributed by atoms with Crippen LogP contribution in [-0.4, -0.2) is 23.1 Å². The van der Waals surface area contributed by atoms with Crippen LogP contribution in [-0.2, 0) is 22.7 Å². The standard InChI is InChI=1S/C35H32Cl2INO4/c1-2-42-31-18-23(17-26(38)35(31)43-20-22-14-15-24(36)25(37)16-22)32-33-27(10-6-12-29(33)40)39(19-21-8-4-3-5-9-21)28-11-7-13-30(41)34(28)32/h3-5,8-9,14-18,32H,2,6-7,10-13,19-20H2,1H3. The monoisotopic (exact) mass is 727 g/mol. The van der Waals surface area contributed by atoms with Crippen LogP contribution in [0.5, 0.6) is 11.5 Å². The lowest BCUT2D eigenvalue weighted by Gasteiger charge is -2.44. The summed E-state index contributed by atoms with van der Waals surface area (Å²) in [4.78, 5) is 29.8. The van der Waals surface area contributed by atoms with Gasteiger partial charge in [-0.25, -0.2) is 0 Å². The van der Waals surface area contributed by atoms with Gasteiger partial charge in [-0.05, 0) is 96.2 Å². The van der Waals surface area contributed by atoms with Gasteiger partial charge >= 0.3 is 0 Å². The minimum atomic E-state index is -0.422. The first-order valence-corrected chi connectivity index (χ1v) is 16.6.